The van der Waals surface area contributed by atoms with Crippen molar-refractivity contribution in [2.24, 2.45) is 5.92 Å². The van der Waals surface area contributed by atoms with Gasteiger partial charge in [-0.25, -0.2) is 0 Å². The minimum atomic E-state index is 0.416. The summed E-state index contributed by atoms with van der Waals surface area (Å²) in [5.74, 6) is 1.12. The van der Waals surface area contributed by atoms with Crippen molar-refractivity contribution in [3.63, 3.8) is 0 Å². The van der Waals surface area contributed by atoms with Crippen LogP contribution >= 0.6 is 0 Å². The molecule has 0 aromatic heterocycles. The summed E-state index contributed by atoms with van der Waals surface area (Å²) in [7, 11) is 0. The quantitative estimate of drug-likeness (QED) is 0.573. The normalized spacial score (nSPS) is 10.9. The van der Waals surface area contributed by atoms with Crippen LogP contribution in [0.25, 0.3) is 0 Å². The molecular weight excluding hydrogens is 232 g/mol. The van der Waals surface area contributed by atoms with Crippen LogP contribution in [0, 0.1) is 5.92 Å². The largest absolute Gasteiger partial charge is 0.300 e. The first-order valence-corrected chi connectivity index (χ1v) is 7.71. The van der Waals surface area contributed by atoms with Gasteiger partial charge in [0, 0.05) is 12.8 Å². The zero-order valence-electron chi connectivity index (χ0n) is 12.7. The van der Waals surface area contributed by atoms with Crippen molar-refractivity contribution < 1.29 is 4.79 Å². The number of hydrogen-bond acceptors (Lipinski definition) is 1. The lowest BCUT2D eigenvalue weighted by Gasteiger charge is -2.06. The second-order valence-corrected chi connectivity index (χ2v) is 5.91. The Morgan fingerprint density at radius 3 is 2.21 bits per heavy atom. The van der Waals surface area contributed by atoms with Crippen LogP contribution in [-0.4, -0.2) is 5.78 Å². The summed E-state index contributed by atoms with van der Waals surface area (Å²) in [6.45, 7) is 6.65. The molecular formula is C18H28O. The Bertz CT molecular complexity index is 362. The first-order valence-electron chi connectivity index (χ1n) is 7.71. The predicted octanol–water partition coefficient (Wildman–Crippen LogP) is 4.97. The molecule has 0 N–H and O–H groups in total. The average Bonchev–Trinajstić information content (AvgIpc) is 2.37. The van der Waals surface area contributed by atoms with Crippen molar-refractivity contribution >= 4 is 5.78 Å². The van der Waals surface area contributed by atoms with Gasteiger partial charge in [0.05, 0.1) is 0 Å². The van der Waals surface area contributed by atoms with E-state index in [1.807, 2.05) is 0 Å². The van der Waals surface area contributed by atoms with E-state index in [2.05, 4.69) is 45.0 Å². The van der Waals surface area contributed by atoms with Gasteiger partial charge in [-0.2, -0.15) is 0 Å². The minimum Gasteiger partial charge on any atom is -0.300 e. The van der Waals surface area contributed by atoms with Crippen LogP contribution in [0.2, 0.25) is 0 Å². The van der Waals surface area contributed by atoms with Crippen molar-refractivity contribution in [2.45, 2.75) is 65.7 Å². The maximum atomic E-state index is 11.7. The van der Waals surface area contributed by atoms with Crippen LogP contribution in [0.5, 0.6) is 0 Å². The highest BCUT2D eigenvalue weighted by Crippen LogP contribution is 2.12. The Labute approximate surface area is 118 Å². The third-order valence-electron chi connectivity index (χ3n) is 3.42. The fourth-order valence-electron chi connectivity index (χ4n) is 2.29. The first kappa shape index (κ1) is 15.9. The Kier molecular flexibility index (Phi) is 7.47. The SMILES string of the molecule is CCCCCC(=O)CCc1ccc(CC(C)C)cc1. The molecule has 1 aromatic rings. The van der Waals surface area contributed by atoms with E-state index in [1.54, 1.807) is 0 Å². The number of benzene rings is 1. The number of unbranched alkanes of at least 4 members (excludes halogenated alkanes) is 2. The maximum Gasteiger partial charge on any atom is 0.133 e. The molecule has 0 aliphatic heterocycles. The van der Waals surface area contributed by atoms with Crippen LogP contribution in [0.3, 0.4) is 0 Å². The summed E-state index contributed by atoms with van der Waals surface area (Å²) in [4.78, 5) is 11.7. The molecule has 0 unspecified atom stereocenters. The Morgan fingerprint density at radius 1 is 1.00 bits per heavy atom. The molecule has 0 heterocycles. The van der Waals surface area contributed by atoms with Gasteiger partial charge in [-0.15, -0.1) is 0 Å². The maximum absolute atomic E-state index is 11.7. The Morgan fingerprint density at radius 2 is 1.63 bits per heavy atom. The van der Waals surface area contributed by atoms with E-state index in [1.165, 1.54) is 24.0 Å². The lowest BCUT2D eigenvalue weighted by Crippen LogP contribution is -2.00. The van der Waals surface area contributed by atoms with E-state index in [9.17, 15) is 4.79 Å². The zero-order chi connectivity index (χ0) is 14.1. The third kappa shape index (κ3) is 7.15. The van der Waals surface area contributed by atoms with Gasteiger partial charge in [0.1, 0.15) is 5.78 Å². The van der Waals surface area contributed by atoms with E-state index in [-0.39, 0.29) is 0 Å². The monoisotopic (exact) mass is 260 g/mol. The molecule has 0 bridgehead atoms. The highest BCUT2D eigenvalue weighted by Gasteiger charge is 2.03. The van der Waals surface area contributed by atoms with Crippen LogP contribution < -0.4 is 0 Å². The van der Waals surface area contributed by atoms with E-state index in [0.29, 0.717) is 18.1 Å². The molecule has 0 fully saturated rings. The molecule has 106 valence electrons. The van der Waals surface area contributed by atoms with Gasteiger partial charge in [0.15, 0.2) is 0 Å². The number of hydrogen-bond donors (Lipinski definition) is 0. The zero-order valence-corrected chi connectivity index (χ0v) is 12.7. The molecule has 0 aliphatic carbocycles. The smallest absolute Gasteiger partial charge is 0.133 e. The third-order valence-corrected chi connectivity index (χ3v) is 3.42. The molecule has 0 saturated heterocycles. The van der Waals surface area contributed by atoms with Crippen LogP contribution in [0.15, 0.2) is 24.3 Å². The van der Waals surface area contributed by atoms with E-state index in [4.69, 9.17) is 0 Å². The van der Waals surface area contributed by atoms with Crippen molar-refractivity contribution in [1.29, 1.82) is 0 Å². The summed E-state index contributed by atoms with van der Waals surface area (Å²) < 4.78 is 0. The highest BCUT2D eigenvalue weighted by molar-refractivity contribution is 5.78. The number of aryl methyl sites for hydroxylation is 1. The topological polar surface area (TPSA) is 17.1 Å². The van der Waals surface area contributed by atoms with Gasteiger partial charge in [-0.1, -0.05) is 57.9 Å². The molecule has 19 heavy (non-hydrogen) atoms. The van der Waals surface area contributed by atoms with Gasteiger partial charge < -0.3 is 0 Å². The number of rotatable bonds is 9. The second-order valence-electron chi connectivity index (χ2n) is 5.91. The predicted molar refractivity (Wildman–Crippen MR) is 82.5 cm³/mol. The molecule has 0 atom stereocenters. The molecule has 1 aromatic carbocycles. The lowest BCUT2D eigenvalue weighted by atomic mass is 9.99. The van der Waals surface area contributed by atoms with E-state index >= 15 is 0 Å². The fraction of sp³-hybridized carbons (Fsp3) is 0.611. The number of carbonyl (C=O) groups excluding carboxylic acids is 1. The molecule has 1 heteroatoms. The van der Waals surface area contributed by atoms with Gasteiger partial charge in [0.2, 0.25) is 0 Å². The van der Waals surface area contributed by atoms with Crippen LogP contribution in [-0.2, 0) is 17.6 Å². The summed E-state index contributed by atoms with van der Waals surface area (Å²) >= 11 is 0. The molecule has 1 rings (SSSR count). The second kappa shape index (κ2) is 8.90. The minimum absolute atomic E-state index is 0.416. The molecule has 0 aliphatic rings. The van der Waals surface area contributed by atoms with Crippen LogP contribution in [0.1, 0.15) is 64.0 Å². The molecule has 0 radical (unpaired) electrons. The fourth-order valence-corrected chi connectivity index (χ4v) is 2.29. The van der Waals surface area contributed by atoms with Crippen molar-refractivity contribution in [1.82, 2.24) is 0 Å². The van der Waals surface area contributed by atoms with Gasteiger partial charge in [0.25, 0.3) is 0 Å². The Hall–Kier alpha value is -1.11. The average molecular weight is 260 g/mol. The molecule has 0 saturated carbocycles. The van der Waals surface area contributed by atoms with Crippen LogP contribution in [0.4, 0.5) is 0 Å². The summed E-state index contributed by atoms with van der Waals surface area (Å²) in [5, 5.41) is 0. The molecule has 0 amide bonds. The van der Waals surface area contributed by atoms with Crippen molar-refractivity contribution in [3.8, 4) is 0 Å². The standard InChI is InChI=1S/C18H28O/c1-4-5-6-7-18(19)13-12-16-8-10-17(11-9-16)14-15(2)3/h8-11,15H,4-7,12-14H2,1-3H3. The number of carbonyl (C=O) groups is 1. The molecule has 1 nitrogen and oxygen atoms in total. The van der Waals surface area contributed by atoms with E-state index < -0.39 is 0 Å². The summed E-state index contributed by atoms with van der Waals surface area (Å²) in [5.41, 5.74) is 2.68. The highest BCUT2D eigenvalue weighted by atomic mass is 16.1. The summed E-state index contributed by atoms with van der Waals surface area (Å²) in [6.07, 6.45) is 6.92. The Balaban J connectivity index is 2.31. The number of Topliss-reactive ketones (excluding diaryl/α,β-unsaturated/α-hetero) is 1. The van der Waals surface area contributed by atoms with E-state index in [0.717, 1.165) is 25.7 Å². The lowest BCUT2D eigenvalue weighted by molar-refractivity contribution is -0.119. The van der Waals surface area contributed by atoms with Crippen molar-refractivity contribution in [3.05, 3.63) is 35.4 Å². The van der Waals surface area contributed by atoms with Gasteiger partial charge >= 0.3 is 0 Å². The van der Waals surface area contributed by atoms with Gasteiger partial charge in [-0.3, -0.25) is 4.79 Å². The number of ketones is 1. The van der Waals surface area contributed by atoms with Crippen molar-refractivity contribution in [2.75, 3.05) is 0 Å². The van der Waals surface area contributed by atoms with Gasteiger partial charge in [-0.05, 0) is 36.3 Å². The molecule has 0 spiro atoms. The summed E-state index contributed by atoms with van der Waals surface area (Å²) in [6, 6.07) is 8.77. The first-order chi connectivity index (χ1) is 9.11.